The molecule has 1 N–H and O–H groups in total. The largest absolute Gasteiger partial charge is 0.497 e. The molecule has 2 heterocycles. The molecule has 1 aromatic heterocycles. The highest BCUT2D eigenvalue weighted by Gasteiger charge is 2.20. The Bertz CT molecular complexity index is 897. The van der Waals surface area contributed by atoms with Gasteiger partial charge in [0.15, 0.2) is 0 Å². The van der Waals surface area contributed by atoms with Crippen LogP contribution in [0, 0.1) is 12.8 Å². The Morgan fingerprint density at radius 1 is 1.07 bits per heavy atom. The smallest absolute Gasteiger partial charge is 0.321 e. The molecule has 1 aliphatic heterocycles. The van der Waals surface area contributed by atoms with Gasteiger partial charge < -0.3 is 14.6 Å². The minimum absolute atomic E-state index is 0.484. The van der Waals surface area contributed by atoms with Gasteiger partial charge in [0, 0.05) is 18.7 Å². The van der Waals surface area contributed by atoms with Gasteiger partial charge in [0.25, 0.3) is 0 Å². The quantitative estimate of drug-likeness (QED) is 0.644. The lowest BCUT2D eigenvalue weighted by molar-refractivity contribution is 0.182. The number of hydrogen-bond acceptors (Lipinski definition) is 6. The van der Waals surface area contributed by atoms with Crippen molar-refractivity contribution in [3.8, 4) is 17.1 Å². The van der Waals surface area contributed by atoms with Crippen LogP contribution in [0.3, 0.4) is 0 Å². The molecule has 0 spiro atoms. The van der Waals surface area contributed by atoms with E-state index in [0.717, 1.165) is 37.5 Å². The Balaban J connectivity index is 1.23. The molecule has 6 nitrogen and oxygen atoms in total. The van der Waals surface area contributed by atoms with E-state index in [4.69, 9.17) is 9.26 Å². The van der Waals surface area contributed by atoms with Crippen LogP contribution in [0.4, 0.5) is 6.01 Å². The molecule has 1 fully saturated rings. The zero-order chi connectivity index (χ0) is 20.1. The zero-order valence-electron chi connectivity index (χ0n) is 17.1. The second-order valence-corrected chi connectivity index (χ2v) is 7.74. The van der Waals surface area contributed by atoms with E-state index in [2.05, 4.69) is 51.5 Å². The van der Waals surface area contributed by atoms with Crippen molar-refractivity contribution in [3.63, 3.8) is 0 Å². The molecule has 4 rings (SSSR count). The molecule has 0 amide bonds. The summed E-state index contributed by atoms with van der Waals surface area (Å²) in [7, 11) is 1.65. The number of ether oxygens (including phenoxy) is 1. The van der Waals surface area contributed by atoms with Crippen LogP contribution in [0.15, 0.2) is 53.1 Å². The van der Waals surface area contributed by atoms with Gasteiger partial charge in [0.2, 0.25) is 5.82 Å². The van der Waals surface area contributed by atoms with Gasteiger partial charge >= 0.3 is 6.01 Å². The maximum absolute atomic E-state index is 5.36. The van der Waals surface area contributed by atoms with Crippen LogP contribution in [0.25, 0.3) is 11.4 Å². The minimum atomic E-state index is 0.484. The van der Waals surface area contributed by atoms with Crippen molar-refractivity contribution in [1.82, 2.24) is 15.0 Å². The highest BCUT2D eigenvalue weighted by molar-refractivity contribution is 5.56. The third-order valence-corrected chi connectivity index (χ3v) is 5.55. The average Bonchev–Trinajstić information content (AvgIpc) is 3.24. The first-order valence-corrected chi connectivity index (χ1v) is 10.2. The van der Waals surface area contributed by atoms with Gasteiger partial charge in [0.05, 0.1) is 7.11 Å². The number of nitrogens with one attached hydrogen (secondary N) is 1. The van der Waals surface area contributed by atoms with Crippen LogP contribution in [0.1, 0.15) is 24.0 Å². The molecule has 152 valence electrons. The fourth-order valence-electron chi connectivity index (χ4n) is 3.68. The Morgan fingerprint density at radius 3 is 2.48 bits per heavy atom. The fraction of sp³-hybridized carbons (Fsp3) is 0.391. The number of piperidine rings is 1. The number of nitrogens with zero attached hydrogens (tertiary/aromatic N) is 3. The molecule has 29 heavy (non-hydrogen) atoms. The fourth-order valence-corrected chi connectivity index (χ4v) is 3.68. The Morgan fingerprint density at radius 2 is 1.79 bits per heavy atom. The van der Waals surface area contributed by atoms with Crippen LogP contribution in [0.5, 0.6) is 5.75 Å². The molecule has 6 heteroatoms. The van der Waals surface area contributed by atoms with Crippen molar-refractivity contribution >= 4 is 6.01 Å². The Hall–Kier alpha value is -2.86. The minimum Gasteiger partial charge on any atom is -0.497 e. The molecule has 0 radical (unpaired) electrons. The monoisotopic (exact) mass is 392 g/mol. The van der Waals surface area contributed by atoms with Crippen LogP contribution < -0.4 is 10.1 Å². The lowest BCUT2D eigenvalue weighted by Crippen LogP contribution is -2.35. The number of aryl methyl sites for hydroxylation is 1. The van der Waals surface area contributed by atoms with Crippen molar-refractivity contribution in [1.29, 1.82) is 0 Å². The van der Waals surface area contributed by atoms with Crippen molar-refractivity contribution < 1.29 is 9.26 Å². The normalized spacial score (nSPS) is 15.4. The summed E-state index contributed by atoms with van der Waals surface area (Å²) in [5.41, 5.74) is 3.62. The number of hydrogen-bond donors (Lipinski definition) is 1. The standard InChI is InChI=1S/C23H28N4O2/c1-17-3-5-19(6-4-17)16-27-13-11-18(12-14-27)15-24-23-25-22(26-29-23)20-7-9-21(28-2)10-8-20/h3-10,18H,11-16H2,1-2H3,(H,24,25,26). The number of methoxy groups -OCH3 is 1. The van der Waals surface area contributed by atoms with Gasteiger partial charge in [-0.3, -0.25) is 4.90 Å². The predicted octanol–water partition coefficient (Wildman–Crippen LogP) is 4.38. The second kappa shape index (κ2) is 9.09. The molecular formula is C23H28N4O2. The van der Waals surface area contributed by atoms with E-state index in [1.807, 2.05) is 24.3 Å². The highest BCUT2D eigenvalue weighted by Crippen LogP contribution is 2.23. The maximum Gasteiger partial charge on any atom is 0.321 e. The molecule has 0 bridgehead atoms. The van der Waals surface area contributed by atoms with Crippen LogP contribution in [-0.2, 0) is 6.54 Å². The summed E-state index contributed by atoms with van der Waals surface area (Å²) >= 11 is 0. The molecule has 1 saturated heterocycles. The molecule has 0 atom stereocenters. The number of likely N-dealkylation sites (tertiary alicyclic amines) is 1. The van der Waals surface area contributed by atoms with Gasteiger partial charge in [-0.1, -0.05) is 35.0 Å². The lowest BCUT2D eigenvalue weighted by Gasteiger charge is -2.31. The summed E-state index contributed by atoms with van der Waals surface area (Å²) < 4.78 is 10.5. The van der Waals surface area contributed by atoms with E-state index in [1.165, 1.54) is 24.0 Å². The topological polar surface area (TPSA) is 63.4 Å². The van der Waals surface area contributed by atoms with E-state index in [-0.39, 0.29) is 0 Å². The van der Waals surface area contributed by atoms with Crippen molar-refractivity contribution in [2.75, 3.05) is 32.1 Å². The molecule has 0 saturated carbocycles. The van der Waals surface area contributed by atoms with Crippen molar-refractivity contribution in [2.45, 2.75) is 26.3 Å². The lowest BCUT2D eigenvalue weighted by atomic mass is 9.96. The summed E-state index contributed by atoms with van der Waals surface area (Å²) in [6, 6.07) is 17.0. The second-order valence-electron chi connectivity index (χ2n) is 7.74. The maximum atomic E-state index is 5.36. The van der Waals surface area contributed by atoms with E-state index in [1.54, 1.807) is 7.11 Å². The van der Waals surface area contributed by atoms with Gasteiger partial charge in [0.1, 0.15) is 5.75 Å². The van der Waals surface area contributed by atoms with Crippen molar-refractivity contribution in [3.05, 3.63) is 59.7 Å². The van der Waals surface area contributed by atoms with E-state index in [0.29, 0.717) is 17.8 Å². The third kappa shape index (κ3) is 5.15. The van der Waals surface area contributed by atoms with Gasteiger partial charge in [-0.2, -0.15) is 4.98 Å². The van der Waals surface area contributed by atoms with E-state index in [9.17, 15) is 0 Å². The summed E-state index contributed by atoms with van der Waals surface area (Å²) in [6.45, 7) is 6.28. The molecule has 3 aromatic rings. The molecule has 0 aliphatic carbocycles. The molecular weight excluding hydrogens is 364 g/mol. The van der Waals surface area contributed by atoms with Crippen molar-refractivity contribution in [2.24, 2.45) is 5.92 Å². The average molecular weight is 393 g/mol. The first-order valence-electron chi connectivity index (χ1n) is 10.2. The zero-order valence-corrected chi connectivity index (χ0v) is 17.1. The number of anilines is 1. The van der Waals surface area contributed by atoms with Gasteiger partial charge in [-0.25, -0.2) is 0 Å². The number of rotatable bonds is 7. The van der Waals surface area contributed by atoms with Crippen LogP contribution >= 0.6 is 0 Å². The summed E-state index contributed by atoms with van der Waals surface area (Å²) in [6.07, 6.45) is 2.36. The molecule has 1 aliphatic rings. The van der Waals surface area contributed by atoms with Gasteiger partial charge in [-0.05, 0) is 68.6 Å². The van der Waals surface area contributed by atoms with Crippen LogP contribution in [0.2, 0.25) is 0 Å². The van der Waals surface area contributed by atoms with E-state index < -0.39 is 0 Å². The first kappa shape index (κ1) is 19.5. The summed E-state index contributed by atoms with van der Waals surface area (Å²) in [5, 5.41) is 7.39. The Labute approximate surface area is 171 Å². The highest BCUT2D eigenvalue weighted by atomic mass is 16.5. The third-order valence-electron chi connectivity index (χ3n) is 5.55. The summed E-state index contributed by atoms with van der Waals surface area (Å²) in [5.74, 6) is 2.02. The van der Waals surface area contributed by atoms with Gasteiger partial charge in [-0.15, -0.1) is 0 Å². The van der Waals surface area contributed by atoms with Crippen LogP contribution in [-0.4, -0.2) is 41.8 Å². The predicted molar refractivity (Wildman–Crippen MR) is 114 cm³/mol. The van der Waals surface area contributed by atoms with E-state index >= 15 is 0 Å². The first-order chi connectivity index (χ1) is 14.2. The SMILES string of the molecule is COc1ccc(-c2noc(NCC3CCN(Cc4ccc(C)cc4)CC3)n2)cc1. The Kier molecular flexibility index (Phi) is 6.10. The molecule has 0 unspecified atom stereocenters. The summed E-state index contributed by atoms with van der Waals surface area (Å²) in [4.78, 5) is 7.00. The number of aromatic nitrogens is 2. The number of benzene rings is 2. The molecule has 2 aromatic carbocycles.